The number of esters is 1. The standard InChI is InChI=1S/C16H15N3O4S/c1-3-23-16(20)14-8-13-15(9-17-10-18-13)19(14)24(21,22)12-6-4-11(2)5-7-12/h4-10H,3H2,1-2H3. The maximum Gasteiger partial charge on any atom is 0.356 e. The van der Waals surface area contributed by atoms with E-state index in [1.807, 2.05) is 6.92 Å². The van der Waals surface area contributed by atoms with Crippen molar-refractivity contribution in [2.75, 3.05) is 6.61 Å². The van der Waals surface area contributed by atoms with Crippen LogP contribution in [0.4, 0.5) is 0 Å². The van der Waals surface area contributed by atoms with Gasteiger partial charge in [0.25, 0.3) is 10.0 Å². The van der Waals surface area contributed by atoms with E-state index in [9.17, 15) is 13.2 Å². The third-order valence-electron chi connectivity index (χ3n) is 3.48. The first-order valence-corrected chi connectivity index (χ1v) is 8.70. The Morgan fingerprint density at radius 3 is 2.62 bits per heavy atom. The monoisotopic (exact) mass is 345 g/mol. The molecule has 0 atom stereocenters. The average molecular weight is 345 g/mol. The molecule has 7 nitrogen and oxygen atoms in total. The lowest BCUT2D eigenvalue weighted by Gasteiger charge is -2.11. The first-order chi connectivity index (χ1) is 11.4. The summed E-state index contributed by atoms with van der Waals surface area (Å²) in [7, 11) is -4.00. The van der Waals surface area contributed by atoms with Crippen LogP contribution in [0.1, 0.15) is 23.0 Å². The van der Waals surface area contributed by atoms with E-state index in [4.69, 9.17) is 4.74 Å². The number of benzene rings is 1. The van der Waals surface area contributed by atoms with Crippen LogP contribution in [0.15, 0.2) is 47.8 Å². The second-order valence-corrected chi connectivity index (χ2v) is 6.91. The van der Waals surface area contributed by atoms with Gasteiger partial charge in [-0.05, 0) is 32.0 Å². The molecule has 0 aliphatic rings. The highest BCUT2D eigenvalue weighted by molar-refractivity contribution is 7.90. The van der Waals surface area contributed by atoms with E-state index in [-0.39, 0.29) is 22.7 Å². The Morgan fingerprint density at radius 1 is 1.25 bits per heavy atom. The van der Waals surface area contributed by atoms with Gasteiger partial charge in [-0.15, -0.1) is 0 Å². The molecule has 3 aromatic rings. The number of carbonyl (C=O) groups excluding carboxylic acids is 1. The van der Waals surface area contributed by atoms with Crippen LogP contribution in [0.25, 0.3) is 11.0 Å². The van der Waals surface area contributed by atoms with E-state index >= 15 is 0 Å². The Morgan fingerprint density at radius 2 is 1.96 bits per heavy atom. The molecule has 0 bridgehead atoms. The van der Waals surface area contributed by atoms with Gasteiger partial charge < -0.3 is 4.74 Å². The molecule has 124 valence electrons. The molecule has 0 saturated heterocycles. The molecule has 0 unspecified atom stereocenters. The summed E-state index contributed by atoms with van der Waals surface area (Å²) in [5, 5.41) is 0. The fraction of sp³-hybridized carbons (Fsp3) is 0.188. The highest BCUT2D eigenvalue weighted by Crippen LogP contribution is 2.24. The lowest BCUT2D eigenvalue weighted by Crippen LogP contribution is -2.20. The Labute approximate surface area is 139 Å². The minimum absolute atomic E-state index is 0.0694. The summed E-state index contributed by atoms with van der Waals surface area (Å²) in [6.07, 6.45) is 2.65. The van der Waals surface area contributed by atoms with Crippen molar-refractivity contribution in [2.45, 2.75) is 18.7 Å². The Balaban J connectivity index is 2.29. The number of ether oxygens (including phenoxy) is 1. The topological polar surface area (TPSA) is 91.2 Å². The second kappa shape index (κ2) is 6.04. The van der Waals surface area contributed by atoms with Gasteiger partial charge in [-0.1, -0.05) is 17.7 Å². The number of carbonyl (C=O) groups is 1. The smallest absolute Gasteiger partial charge is 0.356 e. The third kappa shape index (κ3) is 2.65. The molecule has 0 fully saturated rings. The third-order valence-corrected chi connectivity index (χ3v) is 5.22. The van der Waals surface area contributed by atoms with Crippen LogP contribution >= 0.6 is 0 Å². The van der Waals surface area contributed by atoms with Gasteiger partial charge in [0.2, 0.25) is 0 Å². The van der Waals surface area contributed by atoms with E-state index in [1.165, 1.54) is 30.7 Å². The molecule has 0 radical (unpaired) electrons. The van der Waals surface area contributed by atoms with Crippen molar-refractivity contribution < 1.29 is 17.9 Å². The van der Waals surface area contributed by atoms with E-state index in [0.717, 1.165) is 9.54 Å². The average Bonchev–Trinajstić information content (AvgIpc) is 2.96. The molecule has 1 aromatic carbocycles. The molecule has 0 amide bonds. The van der Waals surface area contributed by atoms with Crippen LogP contribution in [0.2, 0.25) is 0 Å². The van der Waals surface area contributed by atoms with Gasteiger partial charge >= 0.3 is 5.97 Å². The van der Waals surface area contributed by atoms with Crippen molar-refractivity contribution in [3.8, 4) is 0 Å². The lowest BCUT2D eigenvalue weighted by atomic mass is 10.2. The Bertz CT molecular complexity index is 1010. The number of rotatable bonds is 4. The van der Waals surface area contributed by atoms with Crippen LogP contribution in [0.5, 0.6) is 0 Å². The summed E-state index contributed by atoms with van der Waals surface area (Å²) in [6, 6.07) is 7.77. The van der Waals surface area contributed by atoms with Crippen LogP contribution in [0.3, 0.4) is 0 Å². The van der Waals surface area contributed by atoms with Crippen molar-refractivity contribution in [1.82, 2.24) is 13.9 Å². The fourth-order valence-corrected chi connectivity index (χ4v) is 3.82. The minimum Gasteiger partial charge on any atom is -0.461 e. The summed E-state index contributed by atoms with van der Waals surface area (Å²) >= 11 is 0. The van der Waals surface area contributed by atoms with Crippen molar-refractivity contribution in [3.63, 3.8) is 0 Å². The van der Waals surface area contributed by atoms with Gasteiger partial charge in [0, 0.05) is 0 Å². The Kier molecular flexibility index (Phi) is 4.06. The zero-order valence-electron chi connectivity index (χ0n) is 13.1. The van der Waals surface area contributed by atoms with Gasteiger partial charge in [0.05, 0.1) is 23.2 Å². The van der Waals surface area contributed by atoms with Gasteiger partial charge in [-0.3, -0.25) is 0 Å². The first kappa shape index (κ1) is 16.1. The molecule has 0 N–H and O–H groups in total. The molecule has 3 rings (SSSR count). The minimum atomic E-state index is -4.00. The molecule has 8 heteroatoms. The second-order valence-electron chi connectivity index (χ2n) is 5.13. The fourth-order valence-electron chi connectivity index (χ4n) is 2.34. The quantitative estimate of drug-likeness (QED) is 0.673. The zero-order valence-corrected chi connectivity index (χ0v) is 13.9. The summed E-state index contributed by atoms with van der Waals surface area (Å²) in [6.45, 7) is 3.65. The van der Waals surface area contributed by atoms with Crippen LogP contribution in [-0.4, -0.2) is 34.9 Å². The Hall–Kier alpha value is -2.74. The van der Waals surface area contributed by atoms with Gasteiger partial charge in [-0.25, -0.2) is 27.2 Å². The number of fused-ring (bicyclic) bond motifs is 1. The molecule has 0 aliphatic carbocycles. The molecular weight excluding hydrogens is 330 g/mol. The van der Waals surface area contributed by atoms with Crippen molar-refractivity contribution >= 4 is 27.0 Å². The van der Waals surface area contributed by atoms with Crippen molar-refractivity contribution in [3.05, 3.63) is 54.1 Å². The van der Waals surface area contributed by atoms with E-state index in [0.29, 0.717) is 5.52 Å². The normalized spacial score (nSPS) is 11.6. The molecule has 2 heterocycles. The number of aryl methyl sites for hydroxylation is 1. The predicted octanol–water partition coefficient (Wildman–Crippen LogP) is 2.15. The van der Waals surface area contributed by atoms with Gasteiger partial charge in [-0.2, -0.15) is 0 Å². The van der Waals surface area contributed by atoms with Crippen LogP contribution in [-0.2, 0) is 14.8 Å². The van der Waals surface area contributed by atoms with E-state index in [1.54, 1.807) is 19.1 Å². The number of nitrogens with zero attached hydrogens (tertiary/aromatic N) is 3. The maximum atomic E-state index is 13.0. The van der Waals surface area contributed by atoms with Crippen molar-refractivity contribution in [1.29, 1.82) is 0 Å². The molecular formula is C16H15N3O4S. The van der Waals surface area contributed by atoms with Gasteiger partial charge in [0.1, 0.15) is 17.5 Å². The molecule has 0 aliphatic heterocycles. The highest BCUT2D eigenvalue weighted by Gasteiger charge is 2.27. The zero-order chi connectivity index (χ0) is 17.3. The SMILES string of the molecule is CCOC(=O)c1cc2ncncc2n1S(=O)(=O)c1ccc(C)cc1. The maximum absolute atomic E-state index is 13.0. The lowest BCUT2D eigenvalue weighted by molar-refractivity contribution is 0.0518. The molecule has 2 aromatic heterocycles. The van der Waals surface area contributed by atoms with E-state index in [2.05, 4.69) is 9.97 Å². The molecule has 0 saturated carbocycles. The molecule has 24 heavy (non-hydrogen) atoms. The summed E-state index contributed by atoms with van der Waals surface area (Å²) in [4.78, 5) is 20.2. The number of aromatic nitrogens is 3. The van der Waals surface area contributed by atoms with E-state index < -0.39 is 16.0 Å². The van der Waals surface area contributed by atoms with Gasteiger partial charge in [0.15, 0.2) is 0 Å². The molecule has 0 spiro atoms. The first-order valence-electron chi connectivity index (χ1n) is 7.26. The summed E-state index contributed by atoms with van der Waals surface area (Å²) < 4.78 is 32.0. The number of hydrogen-bond donors (Lipinski definition) is 0. The predicted molar refractivity (Wildman–Crippen MR) is 87.2 cm³/mol. The highest BCUT2D eigenvalue weighted by atomic mass is 32.2. The van der Waals surface area contributed by atoms with Crippen LogP contribution < -0.4 is 0 Å². The van der Waals surface area contributed by atoms with Crippen LogP contribution in [0, 0.1) is 6.92 Å². The summed E-state index contributed by atoms with van der Waals surface area (Å²) in [5.41, 5.74) is 1.40. The number of hydrogen-bond acceptors (Lipinski definition) is 6. The summed E-state index contributed by atoms with van der Waals surface area (Å²) in [5.74, 6) is -0.730. The van der Waals surface area contributed by atoms with Crippen molar-refractivity contribution in [2.24, 2.45) is 0 Å². The largest absolute Gasteiger partial charge is 0.461 e.